The van der Waals surface area contributed by atoms with E-state index in [0.29, 0.717) is 6.42 Å². The van der Waals surface area contributed by atoms with Crippen LogP contribution in [0, 0.1) is 0 Å². The predicted molar refractivity (Wildman–Crippen MR) is 53.1 cm³/mol. The van der Waals surface area contributed by atoms with Gasteiger partial charge >= 0.3 is 5.97 Å². The summed E-state index contributed by atoms with van der Waals surface area (Å²) in [5, 5.41) is 18.1. The van der Waals surface area contributed by atoms with Crippen LogP contribution in [-0.2, 0) is 17.8 Å². The van der Waals surface area contributed by atoms with Gasteiger partial charge in [0.2, 0.25) is 0 Å². The van der Waals surface area contributed by atoms with E-state index in [1.54, 1.807) is 34.5 Å². The lowest BCUT2D eigenvalue weighted by atomic mass is 10.4. The van der Waals surface area contributed by atoms with E-state index in [1.165, 1.54) is 0 Å². The summed E-state index contributed by atoms with van der Waals surface area (Å²) in [5.41, 5.74) is 0. The quantitative estimate of drug-likeness (QED) is 0.536. The zero-order chi connectivity index (χ0) is 11.4. The number of allylic oxidation sites excluding steroid dienone is 1. The molecule has 0 aliphatic rings. The first-order valence-electron chi connectivity index (χ1n) is 4.66. The molecule has 0 amide bonds. The number of aliphatic carboxylic acids is 1. The van der Waals surface area contributed by atoms with Crippen molar-refractivity contribution in [3.63, 3.8) is 0 Å². The van der Waals surface area contributed by atoms with Gasteiger partial charge in [0.1, 0.15) is 12.4 Å². The topological polar surface area (TPSA) is 66.3 Å². The summed E-state index contributed by atoms with van der Waals surface area (Å²) >= 11 is 0. The minimum absolute atomic E-state index is 0.108. The van der Waals surface area contributed by atoms with Crippen molar-refractivity contribution < 1.29 is 19.6 Å². The van der Waals surface area contributed by atoms with Gasteiger partial charge in [-0.2, -0.15) is 0 Å². The fourth-order valence-corrected chi connectivity index (χ4v) is 1.45. The number of carbonyl (C=O) groups is 1. The summed E-state index contributed by atoms with van der Waals surface area (Å²) < 4.78 is 3.20. The second-order valence-corrected chi connectivity index (χ2v) is 3.27. The maximum atomic E-state index is 10.6. The van der Waals surface area contributed by atoms with Crippen molar-refractivity contribution in [2.45, 2.75) is 26.1 Å². The summed E-state index contributed by atoms with van der Waals surface area (Å²) in [6.07, 6.45) is 4.82. The number of carboxylic acids is 1. The number of aliphatic hydroxyl groups is 1. The fourth-order valence-electron chi connectivity index (χ4n) is 1.45. The van der Waals surface area contributed by atoms with Crippen molar-refractivity contribution in [2.24, 2.45) is 0 Å². The summed E-state index contributed by atoms with van der Waals surface area (Å²) in [6.45, 7) is 5.12. The molecule has 0 spiro atoms. The number of aromatic nitrogens is 2. The van der Waals surface area contributed by atoms with Crippen LogP contribution in [0.1, 0.15) is 19.0 Å². The lowest BCUT2D eigenvalue weighted by molar-refractivity contribution is -0.692. The zero-order valence-corrected chi connectivity index (χ0v) is 8.63. The number of rotatable bonds is 5. The molecule has 15 heavy (non-hydrogen) atoms. The monoisotopic (exact) mass is 211 g/mol. The fraction of sp³-hybridized carbons (Fsp3) is 0.400. The molecule has 1 aromatic heterocycles. The molecule has 0 saturated carbocycles. The maximum Gasteiger partial charge on any atom is 0.346 e. The largest absolute Gasteiger partial charge is 0.478 e. The molecule has 82 valence electrons. The minimum Gasteiger partial charge on any atom is -0.478 e. The average Bonchev–Trinajstić information content (AvgIpc) is 2.48. The van der Waals surface area contributed by atoms with Gasteiger partial charge in [0, 0.05) is 6.92 Å². The number of hydrogen-bond donors (Lipinski definition) is 2. The molecule has 2 N–H and O–H groups in total. The summed E-state index contributed by atoms with van der Waals surface area (Å²) in [5.74, 6) is -0.184. The van der Waals surface area contributed by atoms with Crippen molar-refractivity contribution in [2.75, 3.05) is 0 Å². The van der Waals surface area contributed by atoms with E-state index in [1.807, 2.05) is 0 Å². The van der Waals surface area contributed by atoms with Gasteiger partial charge in [0.25, 0.3) is 5.82 Å². The van der Waals surface area contributed by atoms with Gasteiger partial charge in [0.05, 0.1) is 6.42 Å². The molecule has 0 radical (unpaired) electrons. The second-order valence-electron chi connectivity index (χ2n) is 3.27. The molecule has 0 aliphatic carbocycles. The molecule has 0 bridgehead atoms. The molecule has 5 heteroatoms. The third kappa shape index (κ3) is 2.66. The van der Waals surface area contributed by atoms with Gasteiger partial charge in [-0.05, 0) is 0 Å². The Balaban J connectivity index is 3.05. The number of nitrogens with zero attached hydrogens (tertiary/aromatic N) is 2. The third-order valence-corrected chi connectivity index (χ3v) is 2.07. The zero-order valence-electron chi connectivity index (χ0n) is 8.63. The van der Waals surface area contributed by atoms with Crippen LogP contribution in [0.2, 0.25) is 0 Å². The van der Waals surface area contributed by atoms with Crippen molar-refractivity contribution in [3.8, 4) is 0 Å². The second kappa shape index (κ2) is 4.75. The molecule has 1 atom stereocenters. The molecule has 0 fully saturated rings. The van der Waals surface area contributed by atoms with Crippen LogP contribution in [0.5, 0.6) is 0 Å². The molecular weight excluding hydrogens is 196 g/mol. The van der Waals surface area contributed by atoms with E-state index in [0.717, 1.165) is 5.82 Å². The minimum atomic E-state index is -0.909. The highest BCUT2D eigenvalue weighted by Crippen LogP contribution is 2.05. The standard InChI is InChI=1S/C10H14N2O3/c1-3-4-9-11(7-10(14)15)5-6-12(9)8(2)13/h3,5-6,8,13H,1,4,7H2,2H3/p+1. The van der Waals surface area contributed by atoms with E-state index in [4.69, 9.17) is 5.11 Å². The van der Waals surface area contributed by atoms with Gasteiger partial charge in [-0.1, -0.05) is 6.08 Å². The van der Waals surface area contributed by atoms with E-state index >= 15 is 0 Å². The van der Waals surface area contributed by atoms with Gasteiger partial charge in [-0.25, -0.2) is 13.9 Å². The lowest BCUT2D eigenvalue weighted by Gasteiger charge is -2.03. The molecule has 1 rings (SSSR count). The Labute approximate surface area is 87.9 Å². The Hall–Kier alpha value is -1.62. The van der Waals surface area contributed by atoms with Crippen LogP contribution >= 0.6 is 0 Å². The van der Waals surface area contributed by atoms with Gasteiger partial charge < -0.3 is 10.2 Å². The van der Waals surface area contributed by atoms with Crippen molar-refractivity contribution in [1.82, 2.24) is 4.57 Å². The Bertz CT molecular complexity index is 369. The molecule has 5 nitrogen and oxygen atoms in total. The summed E-state index contributed by atoms with van der Waals surface area (Å²) in [4.78, 5) is 10.6. The normalized spacial score (nSPS) is 12.4. The van der Waals surface area contributed by atoms with Crippen LogP contribution in [-0.4, -0.2) is 20.7 Å². The molecule has 0 saturated heterocycles. The molecule has 1 heterocycles. The Morgan fingerprint density at radius 3 is 2.93 bits per heavy atom. The number of hydrogen-bond acceptors (Lipinski definition) is 2. The highest BCUT2D eigenvalue weighted by Gasteiger charge is 2.20. The molecular formula is C10H15N2O3+. The summed E-state index contributed by atoms with van der Waals surface area (Å²) in [7, 11) is 0. The number of imidazole rings is 1. The third-order valence-electron chi connectivity index (χ3n) is 2.07. The van der Waals surface area contributed by atoms with Crippen LogP contribution in [0.25, 0.3) is 0 Å². The highest BCUT2D eigenvalue weighted by molar-refractivity contribution is 5.64. The van der Waals surface area contributed by atoms with Gasteiger partial charge in [0.15, 0.2) is 12.8 Å². The molecule has 0 aromatic carbocycles. The Morgan fingerprint density at radius 1 is 1.80 bits per heavy atom. The van der Waals surface area contributed by atoms with E-state index in [-0.39, 0.29) is 6.54 Å². The number of carboxylic acid groups (broad SMARTS) is 1. The average molecular weight is 211 g/mol. The van der Waals surface area contributed by atoms with Gasteiger partial charge in [-0.15, -0.1) is 6.58 Å². The van der Waals surface area contributed by atoms with E-state index in [9.17, 15) is 9.90 Å². The van der Waals surface area contributed by atoms with E-state index < -0.39 is 12.2 Å². The molecule has 1 unspecified atom stereocenters. The predicted octanol–water partition coefficient (Wildman–Crippen LogP) is 0.0995. The van der Waals surface area contributed by atoms with Crippen LogP contribution in [0.15, 0.2) is 25.0 Å². The van der Waals surface area contributed by atoms with Gasteiger partial charge in [-0.3, -0.25) is 0 Å². The van der Waals surface area contributed by atoms with Crippen LogP contribution in [0.4, 0.5) is 0 Å². The first-order chi connectivity index (χ1) is 7.06. The smallest absolute Gasteiger partial charge is 0.346 e. The molecule has 0 aliphatic heterocycles. The van der Waals surface area contributed by atoms with E-state index in [2.05, 4.69) is 6.58 Å². The Kier molecular flexibility index (Phi) is 3.62. The first-order valence-corrected chi connectivity index (χ1v) is 4.66. The SMILES string of the molecule is C=CCc1n(C(C)O)cc[n+]1CC(=O)O. The lowest BCUT2D eigenvalue weighted by Crippen LogP contribution is -2.41. The maximum absolute atomic E-state index is 10.6. The highest BCUT2D eigenvalue weighted by atomic mass is 16.4. The van der Waals surface area contributed by atoms with Crippen LogP contribution < -0.4 is 4.57 Å². The molecule has 1 aromatic rings. The van der Waals surface area contributed by atoms with Crippen molar-refractivity contribution in [3.05, 3.63) is 30.9 Å². The van der Waals surface area contributed by atoms with Crippen molar-refractivity contribution in [1.29, 1.82) is 0 Å². The number of aliphatic hydroxyl groups excluding tert-OH is 1. The summed E-state index contributed by atoms with van der Waals surface area (Å²) in [6, 6.07) is 0. The first kappa shape index (κ1) is 11.5. The van der Waals surface area contributed by atoms with Crippen molar-refractivity contribution >= 4 is 5.97 Å². The Morgan fingerprint density at radius 2 is 2.47 bits per heavy atom. The van der Waals surface area contributed by atoms with Crippen LogP contribution in [0.3, 0.4) is 0 Å².